The summed E-state index contributed by atoms with van der Waals surface area (Å²) in [7, 11) is 0. The van der Waals surface area contributed by atoms with Crippen LogP contribution in [0.15, 0.2) is 24.3 Å². The van der Waals surface area contributed by atoms with Gasteiger partial charge >= 0.3 is 0 Å². The van der Waals surface area contributed by atoms with Gasteiger partial charge in [0.05, 0.1) is 0 Å². The first-order valence-corrected chi connectivity index (χ1v) is 8.61. The molecule has 0 aliphatic heterocycles. The Hall–Kier alpha value is -1.51. The zero-order valence-electron chi connectivity index (χ0n) is 13.3. The van der Waals surface area contributed by atoms with Gasteiger partial charge in [0.1, 0.15) is 5.75 Å². The highest BCUT2D eigenvalue weighted by atomic mass is 16.5. The van der Waals surface area contributed by atoms with Gasteiger partial charge < -0.3 is 10.1 Å². The summed E-state index contributed by atoms with van der Waals surface area (Å²) >= 11 is 0. The Morgan fingerprint density at radius 1 is 1.09 bits per heavy atom. The molecule has 0 unspecified atom stereocenters. The fraction of sp³-hybridized carbons (Fsp3) is 0.632. The van der Waals surface area contributed by atoms with Crippen LogP contribution in [0.2, 0.25) is 0 Å². The third kappa shape index (κ3) is 2.73. The zero-order valence-corrected chi connectivity index (χ0v) is 13.3. The highest BCUT2D eigenvalue weighted by molar-refractivity contribution is 5.78. The highest BCUT2D eigenvalue weighted by Crippen LogP contribution is 2.55. The number of carbonyl (C=O) groups excluding carboxylic acids is 1. The number of hydrogen-bond donors (Lipinski definition) is 1. The van der Waals surface area contributed by atoms with E-state index >= 15 is 0 Å². The molecular weight excluding hydrogens is 274 g/mol. The van der Waals surface area contributed by atoms with Crippen molar-refractivity contribution in [3.05, 3.63) is 29.8 Å². The van der Waals surface area contributed by atoms with Gasteiger partial charge in [-0.1, -0.05) is 17.7 Å². The molecular formula is C19H25NO2. The largest absolute Gasteiger partial charge is 0.484 e. The minimum absolute atomic E-state index is 0.0440. The summed E-state index contributed by atoms with van der Waals surface area (Å²) in [5, 5.41) is 3.34. The van der Waals surface area contributed by atoms with E-state index in [4.69, 9.17) is 4.74 Å². The van der Waals surface area contributed by atoms with Crippen LogP contribution >= 0.6 is 0 Å². The Labute approximate surface area is 132 Å². The monoisotopic (exact) mass is 299 g/mol. The maximum atomic E-state index is 12.3. The normalized spacial score (nSPS) is 35.4. The molecule has 4 bridgehead atoms. The number of hydrogen-bond acceptors (Lipinski definition) is 2. The molecule has 0 saturated heterocycles. The molecule has 4 saturated carbocycles. The van der Waals surface area contributed by atoms with E-state index in [2.05, 4.69) is 5.32 Å². The summed E-state index contributed by atoms with van der Waals surface area (Å²) in [5.41, 5.74) is 1.29. The lowest BCUT2D eigenvalue weighted by atomic mass is 9.53. The number of benzene rings is 1. The van der Waals surface area contributed by atoms with E-state index in [0.717, 1.165) is 23.5 Å². The van der Waals surface area contributed by atoms with Crippen LogP contribution in [0.3, 0.4) is 0 Å². The van der Waals surface area contributed by atoms with Gasteiger partial charge in [-0.25, -0.2) is 0 Å². The van der Waals surface area contributed by atoms with Gasteiger partial charge in [-0.2, -0.15) is 0 Å². The van der Waals surface area contributed by atoms with E-state index in [-0.39, 0.29) is 18.1 Å². The molecule has 5 rings (SSSR count). The molecule has 4 aliphatic carbocycles. The van der Waals surface area contributed by atoms with Crippen LogP contribution in [-0.2, 0) is 4.79 Å². The van der Waals surface area contributed by atoms with Gasteiger partial charge in [0.25, 0.3) is 5.91 Å². The smallest absolute Gasteiger partial charge is 0.258 e. The SMILES string of the molecule is Cc1ccc(OCC(=O)NC23CC4CC(CC(C4)C2)C3)cc1. The summed E-state index contributed by atoms with van der Waals surface area (Å²) in [4.78, 5) is 12.3. The van der Waals surface area contributed by atoms with Gasteiger partial charge in [0.2, 0.25) is 0 Å². The predicted octanol–water partition coefficient (Wildman–Crippen LogP) is 3.46. The van der Waals surface area contributed by atoms with Crippen molar-refractivity contribution in [2.24, 2.45) is 17.8 Å². The highest BCUT2D eigenvalue weighted by Gasteiger charge is 2.51. The predicted molar refractivity (Wildman–Crippen MR) is 85.7 cm³/mol. The molecule has 3 nitrogen and oxygen atoms in total. The second-order valence-electron chi connectivity index (χ2n) is 7.85. The van der Waals surface area contributed by atoms with Crippen molar-refractivity contribution in [2.75, 3.05) is 6.61 Å². The number of amides is 1. The van der Waals surface area contributed by atoms with Crippen LogP contribution in [0.4, 0.5) is 0 Å². The van der Waals surface area contributed by atoms with E-state index in [0.29, 0.717) is 0 Å². The van der Waals surface area contributed by atoms with Crippen molar-refractivity contribution in [2.45, 2.75) is 51.0 Å². The van der Waals surface area contributed by atoms with E-state index in [1.807, 2.05) is 31.2 Å². The van der Waals surface area contributed by atoms with Crippen molar-refractivity contribution in [1.82, 2.24) is 5.32 Å². The lowest BCUT2D eigenvalue weighted by Crippen LogP contribution is -2.60. The molecule has 0 atom stereocenters. The molecule has 118 valence electrons. The Morgan fingerprint density at radius 2 is 1.64 bits per heavy atom. The number of carbonyl (C=O) groups is 1. The summed E-state index contributed by atoms with van der Waals surface area (Å²) in [5.74, 6) is 3.37. The molecule has 1 aromatic rings. The van der Waals surface area contributed by atoms with Crippen molar-refractivity contribution in [3.8, 4) is 5.75 Å². The first-order chi connectivity index (χ1) is 10.6. The summed E-state index contributed by atoms with van der Waals surface area (Å²) in [6.45, 7) is 2.17. The quantitative estimate of drug-likeness (QED) is 0.924. The standard InChI is InChI=1S/C19H25NO2/c1-13-2-4-17(5-3-13)22-12-18(21)20-19-9-14-6-15(10-19)8-16(7-14)11-19/h2-5,14-16H,6-12H2,1H3,(H,20,21). The minimum atomic E-state index is 0.0440. The molecule has 3 heteroatoms. The fourth-order valence-corrected chi connectivity index (χ4v) is 5.38. The molecule has 4 fully saturated rings. The fourth-order valence-electron chi connectivity index (χ4n) is 5.38. The van der Waals surface area contributed by atoms with Crippen molar-refractivity contribution < 1.29 is 9.53 Å². The van der Waals surface area contributed by atoms with Crippen LogP contribution in [0, 0.1) is 24.7 Å². The number of nitrogens with one attached hydrogen (secondary N) is 1. The maximum absolute atomic E-state index is 12.3. The summed E-state index contributed by atoms with van der Waals surface area (Å²) in [6, 6.07) is 7.86. The second-order valence-corrected chi connectivity index (χ2v) is 7.85. The summed E-state index contributed by atoms with van der Waals surface area (Å²) < 4.78 is 5.62. The number of ether oxygens (including phenoxy) is 1. The number of rotatable bonds is 4. The van der Waals surface area contributed by atoms with Crippen LogP contribution in [-0.4, -0.2) is 18.1 Å². The third-order valence-electron chi connectivity index (χ3n) is 5.83. The maximum Gasteiger partial charge on any atom is 0.258 e. The molecule has 0 spiro atoms. The van der Waals surface area contributed by atoms with Gasteiger partial charge in [-0.15, -0.1) is 0 Å². The molecule has 4 aliphatic rings. The first kappa shape index (κ1) is 14.1. The molecule has 1 aromatic carbocycles. The zero-order chi connectivity index (χ0) is 15.2. The molecule has 0 heterocycles. The van der Waals surface area contributed by atoms with Crippen LogP contribution in [0.5, 0.6) is 5.75 Å². The van der Waals surface area contributed by atoms with E-state index in [1.54, 1.807) is 0 Å². The Balaban J connectivity index is 1.35. The lowest BCUT2D eigenvalue weighted by molar-refractivity contribution is -0.128. The van der Waals surface area contributed by atoms with E-state index in [1.165, 1.54) is 44.1 Å². The van der Waals surface area contributed by atoms with Crippen molar-refractivity contribution in [3.63, 3.8) is 0 Å². The lowest BCUT2D eigenvalue weighted by Gasteiger charge is -2.56. The van der Waals surface area contributed by atoms with E-state index in [9.17, 15) is 4.79 Å². The number of aryl methyl sites for hydroxylation is 1. The third-order valence-corrected chi connectivity index (χ3v) is 5.83. The Kier molecular flexibility index (Phi) is 3.39. The molecule has 1 amide bonds. The van der Waals surface area contributed by atoms with Crippen LogP contribution in [0.25, 0.3) is 0 Å². The van der Waals surface area contributed by atoms with Gasteiger partial charge in [0, 0.05) is 5.54 Å². The minimum Gasteiger partial charge on any atom is -0.484 e. The van der Waals surface area contributed by atoms with Crippen molar-refractivity contribution in [1.29, 1.82) is 0 Å². The van der Waals surface area contributed by atoms with E-state index < -0.39 is 0 Å². The van der Waals surface area contributed by atoms with Crippen molar-refractivity contribution >= 4 is 5.91 Å². The topological polar surface area (TPSA) is 38.3 Å². The van der Waals surface area contributed by atoms with Crippen LogP contribution < -0.4 is 10.1 Å². The summed E-state index contributed by atoms with van der Waals surface area (Å²) in [6.07, 6.45) is 7.76. The average Bonchev–Trinajstić information content (AvgIpc) is 2.44. The van der Waals surface area contributed by atoms with Crippen LogP contribution in [0.1, 0.15) is 44.1 Å². The van der Waals surface area contributed by atoms with Gasteiger partial charge in [-0.3, -0.25) is 4.79 Å². The van der Waals surface area contributed by atoms with Gasteiger partial charge in [-0.05, 0) is 75.3 Å². The molecule has 22 heavy (non-hydrogen) atoms. The Morgan fingerprint density at radius 3 is 2.18 bits per heavy atom. The molecule has 0 aromatic heterocycles. The Bertz CT molecular complexity index is 528. The first-order valence-electron chi connectivity index (χ1n) is 8.61. The average molecular weight is 299 g/mol. The molecule has 1 N–H and O–H groups in total. The molecule has 0 radical (unpaired) electrons. The van der Waals surface area contributed by atoms with Gasteiger partial charge in [0.15, 0.2) is 6.61 Å². The second kappa shape index (κ2) is 5.29.